The molecule has 2 atom stereocenters. The second-order valence-electron chi connectivity index (χ2n) is 7.79. The van der Waals surface area contributed by atoms with Crippen molar-refractivity contribution in [1.82, 2.24) is 14.5 Å². The Hall–Kier alpha value is -2.21. The zero-order chi connectivity index (χ0) is 19.6. The van der Waals surface area contributed by atoms with Crippen molar-refractivity contribution in [3.8, 4) is 0 Å². The van der Waals surface area contributed by atoms with Gasteiger partial charge in [0.2, 0.25) is 0 Å². The smallest absolute Gasteiger partial charge is 0.260 e. The molecule has 6 heteroatoms. The Morgan fingerprint density at radius 3 is 2.81 bits per heavy atom. The lowest BCUT2D eigenvalue weighted by Crippen LogP contribution is -2.51. The van der Waals surface area contributed by atoms with Gasteiger partial charge in [-0.1, -0.05) is 33.6 Å². The van der Waals surface area contributed by atoms with Crippen LogP contribution in [0.1, 0.15) is 50.4 Å². The molecule has 2 aromatic rings. The molecule has 0 N–H and O–H groups in total. The average molecular weight is 371 g/mol. The van der Waals surface area contributed by atoms with Gasteiger partial charge in [-0.3, -0.25) is 9.59 Å². The summed E-state index contributed by atoms with van der Waals surface area (Å²) in [6.07, 6.45) is 4.81. The number of rotatable bonds is 5. The number of aryl methyl sites for hydroxylation is 1. The number of hydrogen-bond acceptors (Lipinski definition) is 4. The van der Waals surface area contributed by atoms with Crippen molar-refractivity contribution in [2.75, 3.05) is 13.1 Å². The first-order valence-electron chi connectivity index (χ1n) is 9.80. The fraction of sp³-hybridized carbons (Fsp3) is 0.571. The Morgan fingerprint density at radius 1 is 1.33 bits per heavy atom. The van der Waals surface area contributed by atoms with Gasteiger partial charge >= 0.3 is 0 Å². The molecular weight excluding hydrogens is 342 g/mol. The lowest BCUT2D eigenvalue weighted by atomic mass is 10.0. The van der Waals surface area contributed by atoms with E-state index in [0.29, 0.717) is 35.5 Å². The quantitative estimate of drug-likeness (QED) is 0.810. The molecule has 0 saturated carbocycles. The van der Waals surface area contributed by atoms with Gasteiger partial charge in [-0.05, 0) is 30.5 Å². The molecule has 1 fully saturated rings. The maximum atomic E-state index is 13.1. The van der Waals surface area contributed by atoms with Gasteiger partial charge < -0.3 is 14.2 Å². The SMILES string of the molecule is CCCC[C@@H]1CN(C(=O)c2ccc3c(=O)n(C)cnc3c2)C[C@H](C(C)C)O1. The summed E-state index contributed by atoms with van der Waals surface area (Å²) in [5, 5.41) is 0.527. The Bertz CT molecular complexity index is 875. The van der Waals surface area contributed by atoms with Crippen LogP contribution >= 0.6 is 0 Å². The Balaban J connectivity index is 1.85. The normalized spacial score (nSPS) is 20.4. The summed E-state index contributed by atoms with van der Waals surface area (Å²) in [5.74, 6) is 0.334. The van der Waals surface area contributed by atoms with E-state index in [9.17, 15) is 9.59 Å². The van der Waals surface area contributed by atoms with Crippen molar-refractivity contribution >= 4 is 16.8 Å². The van der Waals surface area contributed by atoms with Crippen molar-refractivity contribution in [2.24, 2.45) is 13.0 Å². The van der Waals surface area contributed by atoms with Gasteiger partial charge in [-0.25, -0.2) is 4.98 Å². The molecule has 1 aromatic heterocycles. The molecule has 3 rings (SSSR count). The third-order valence-corrected chi connectivity index (χ3v) is 5.27. The minimum absolute atomic E-state index is 0.0187. The molecule has 2 heterocycles. The molecular formula is C21H29N3O3. The van der Waals surface area contributed by atoms with Gasteiger partial charge in [-0.15, -0.1) is 0 Å². The Morgan fingerprint density at radius 2 is 2.11 bits per heavy atom. The lowest BCUT2D eigenvalue weighted by molar-refractivity contribution is -0.0962. The van der Waals surface area contributed by atoms with Crippen LogP contribution in [0.25, 0.3) is 10.9 Å². The van der Waals surface area contributed by atoms with E-state index in [1.165, 1.54) is 10.9 Å². The highest BCUT2D eigenvalue weighted by Gasteiger charge is 2.32. The van der Waals surface area contributed by atoms with Crippen molar-refractivity contribution in [1.29, 1.82) is 0 Å². The molecule has 1 aliphatic rings. The summed E-state index contributed by atoms with van der Waals surface area (Å²) in [5.41, 5.74) is 1.02. The average Bonchev–Trinajstić information content (AvgIpc) is 2.68. The monoisotopic (exact) mass is 371 g/mol. The molecule has 0 bridgehead atoms. The molecule has 1 amide bonds. The molecule has 146 valence electrons. The largest absolute Gasteiger partial charge is 0.371 e. The van der Waals surface area contributed by atoms with E-state index >= 15 is 0 Å². The first-order valence-corrected chi connectivity index (χ1v) is 9.80. The van der Waals surface area contributed by atoms with Crippen molar-refractivity contribution < 1.29 is 9.53 Å². The summed E-state index contributed by atoms with van der Waals surface area (Å²) in [7, 11) is 1.67. The molecule has 6 nitrogen and oxygen atoms in total. The first kappa shape index (κ1) is 19.5. The molecule has 0 unspecified atom stereocenters. The van der Waals surface area contributed by atoms with Crippen LogP contribution in [0.3, 0.4) is 0 Å². The highest BCUT2D eigenvalue weighted by atomic mass is 16.5. The van der Waals surface area contributed by atoms with E-state index in [1.807, 2.05) is 4.90 Å². The van der Waals surface area contributed by atoms with E-state index in [-0.39, 0.29) is 23.7 Å². The number of carbonyl (C=O) groups is 1. The van der Waals surface area contributed by atoms with Crippen LogP contribution in [-0.2, 0) is 11.8 Å². The van der Waals surface area contributed by atoms with Gasteiger partial charge in [-0.2, -0.15) is 0 Å². The highest BCUT2D eigenvalue weighted by Crippen LogP contribution is 2.23. The van der Waals surface area contributed by atoms with Gasteiger partial charge in [0.15, 0.2) is 0 Å². The number of carbonyl (C=O) groups excluding carboxylic acids is 1. The molecule has 0 aliphatic carbocycles. The van der Waals surface area contributed by atoms with Gasteiger partial charge in [0.25, 0.3) is 11.5 Å². The molecule has 0 spiro atoms. The number of benzene rings is 1. The van der Waals surface area contributed by atoms with E-state index in [4.69, 9.17) is 4.74 Å². The summed E-state index contributed by atoms with van der Waals surface area (Å²) >= 11 is 0. The predicted octanol–water partition coefficient (Wildman–Crippen LogP) is 2.99. The number of nitrogens with zero attached hydrogens (tertiary/aromatic N) is 3. The third-order valence-electron chi connectivity index (χ3n) is 5.27. The number of ether oxygens (including phenoxy) is 1. The number of unbranched alkanes of at least 4 members (excludes halogenated alkanes) is 1. The van der Waals surface area contributed by atoms with Crippen molar-refractivity contribution in [3.63, 3.8) is 0 Å². The predicted molar refractivity (Wildman–Crippen MR) is 106 cm³/mol. The second kappa shape index (κ2) is 8.21. The molecule has 0 radical (unpaired) electrons. The maximum Gasteiger partial charge on any atom is 0.260 e. The summed E-state index contributed by atoms with van der Waals surface area (Å²) in [6, 6.07) is 5.15. The Kier molecular flexibility index (Phi) is 5.95. The van der Waals surface area contributed by atoms with Crippen LogP contribution in [0, 0.1) is 5.92 Å². The fourth-order valence-electron chi connectivity index (χ4n) is 3.52. The van der Waals surface area contributed by atoms with Gasteiger partial charge in [0.1, 0.15) is 0 Å². The van der Waals surface area contributed by atoms with Crippen LogP contribution in [0.4, 0.5) is 0 Å². The number of amides is 1. The van der Waals surface area contributed by atoms with E-state index in [2.05, 4.69) is 25.8 Å². The molecule has 27 heavy (non-hydrogen) atoms. The van der Waals surface area contributed by atoms with E-state index in [1.54, 1.807) is 25.2 Å². The van der Waals surface area contributed by atoms with Gasteiger partial charge in [0.05, 0.1) is 29.4 Å². The van der Waals surface area contributed by atoms with Crippen LogP contribution in [0.15, 0.2) is 29.3 Å². The second-order valence-corrected chi connectivity index (χ2v) is 7.79. The number of aromatic nitrogens is 2. The number of hydrogen-bond donors (Lipinski definition) is 0. The molecule has 1 saturated heterocycles. The third kappa shape index (κ3) is 4.21. The summed E-state index contributed by atoms with van der Waals surface area (Å²) in [4.78, 5) is 31.5. The standard InChI is InChI=1S/C21H29N3O3/c1-5-6-7-16-11-24(12-19(27-16)14(2)3)20(25)15-8-9-17-18(10-15)22-13-23(4)21(17)26/h8-10,13-14,16,19H,5-7,11-12H2,1-4H3/t16-,19-/m1/s1. The van der Waals surface area contributed by atoms with E-state index in [0.717, 1.165) is 19.3 Å². The zero-order valence-corrected chi connectivity index (χ0v) is 16.6. The Labute approximate surface area is 160 Å². The fourth-order valence-corrected chi connectivity index (χ4v) is 3.52. The van der Waals surface area contributed by atoms with Gasteiger partial charge in [0, 0.05) is 25.7 Å². The van der Waals surface area contributed by atoms with Crippen LogP contribution in [0.2, 0.25) is 0 Å². The van der Waals surface area contributed by atoms with Crippen LogP contribution < -0.4 is 5.56 Å². The molecule has 1 aliphatic heterocycles. The highest BCUT2D eigenvalue weighted by molar-refractivity contribution is 5.97. The molecule has 1 aromatic carbocycles. The number of morpholine rings is 1. The maximum absolute atomic E-state index is 13.1. The number of fused-ring (bicyclic) bond motifs is 1. The minimum atomic E-state index is -0.107. The van der Waals surface area contributed by atoms with Crippen molar-refractivity contribution in [3.05, 3.63) is 40.4 Å². The van der Waals surface area contributed by atoms with Crippen LogP contribution in [0.5, 0.6) is 0 Å². The van der Waals surface area contributed by atoms with Crippen LogP contribution in [-0.4, -0.2) is 45.7 Å². The zero-order valence-electron chi connectivity index (χ0n) is 16.6. The first-order chi connectivity index (χ1) is 12.9. The summed E-state index contributed by atoms with van der Waals surface area (Å²) in [6.45, 7) is 7.64. The lowest BCUT2D eigenvalue weighted by Gasteiger charge is -2.40. The topological polar surface area (TPSA) is 64.4 Å². The van der Waals surface area contributed by atoms with Crippen molar-refractivity contribution in [2.45, 2.75) is 52.2 Å². The summed E-state index contributed by atoms with van der Waals surface area (Å²) < 4.78 is 7.66. The van der Waals surface area contributed by atoms with E-state index < -0.39 is 0 Å². The minimum Gasteiger partial charge on any atom is -0.371 e.